The number of rotatable bonds is 6. The Labute approximate surface area is 133 Å². The Bertz CT molecular complexity index is 442. The van der Waals surface area contributed by atoms with Gasteiger partial charge in [-0.15, -0.1) is 0 Å². The maximum absolute atomic E-state index is 5.88. The third kappa shape index (κ3) is 5.35. The zero-order chi connectivity index (χ0) is 15.3. The SMILES string of the molecule is CCCNCc1cc(CN2CCSC(C)(C)CC2)c(C)o1. The van der Waals surface area contributed by atoms with Crippen LogP contribution in [0, 0.1) is 6.92 Å². The smallest absolute Gasteiger partial charge is 0.118 e. The summed E-state index contributed by atoms with van der Waals surface area (Å²) in [5, 5.41) is 3.41. The molecule has 4 heteroatoms. The monoisotopic (exact) mass is 310 g/mol. The highest BCUT2D eigenvalue weighted by molar-refractivity contribution is 8.00. The van der Waals surface area contributed by atoms with Crippen molar-refractivity contribution in [3.8, 4) is 0 Å². The van der Waals surface area contributed by atoms with E-state index in [1.165, 1.54) is 30.8 Å². The molecule has 1 aliphatic heterocycles. The molecule has 0 aromatic carbocycles. The summed E-state index contributed by atoms with van der Waals surface area (Å²) in [6.45, 7) is 14.3. The van der Waals surface area contributed by atoms with Gasteiger partial charge in [0.2, 0.25) is 0 Å². The predicted octanol–water partition coefficient (Wildman–Crippen LogP) is 3.81. The van der Waals surface area contributed by atoms with Gasteiger partial charge in [-0.3, -0.25) is 4.90 Å². The zero-order valence-corrected chi connectivity index (χ0v) is 14.8. The predicted molar refractivity (Wildman–Crippen MR) is 91.9 cm³/mol. The average Bonchev–Trinajstić information content (AvgIpc) is 2.66. The number of aryl methyl sites for hydroxylation is 1. The van der Waals surface area contributed by atoms with Crippen LogP contribution in [-0.4, -0.2) is 35.0 Å². The number of thioether (sulfide) groups is 1. The standard InChI is InChI=1S/C17H30N2OS/c1-5-7-18-12-16-11-15(14(2)20-16)13-19-8-6-17(3,4)21-10-9-19/h11,18H,5-10,12-13H2,1-4H3. The normalized spacial score (nSPS) is 19.6. The number of furan rings is 1. The maximum Gasteiger partial charge on any atom is 0.118 e. The fourth-order valence-corrected chi connectivity index (χ4v) is 3.82. The Hall–Kier alpha value is -0.450. The van der Waals surface area contributed by atoms with E-state index in [1.54, 1.807) is 0 Å². The molecule has 0 radical (unpaired) electrons. The van der Waals surface area contributed by atoms with Gasteiger partial charge in [0.25, 0.3) is 0 Å². The third-order valence-corrected chi connectivity index (χ3v) is 5.49. The molecule has 1 N–H and O–H groups in total. The van der Waals surface area contributed by atoms with Crippen LogP contribution in [0.25, 0.3) is 0 Å². The zero-order valence-electron chi connectivity index (χ0n) is 14.0. The first kappa shape index (κ1) is 16.9. The maximum atomic E-state index is 5.88. The Balaban J connectivity index is 1.90. The summed E-state index contributed by atoms with van der Waals surface area (Å²) in [7, 11) is 0. The van der Waals surface area contributed by atoms with Gasteiger partial charge in [0.05, 0.1) is 6.54 Å². The van der Waals surface area contributed by atoms with Crippen molar-refractivity contribution in [3.05, 3.63) is 23.2 Å². The van der Waals surface area contributed by atoms with Gasteiger partial charge in [-0.1, -0.05) is 20.8 Å². The fourth-order valence-electron chi connectivity index (χ4n) is 2.68. The van der Waals surface area contributed by atoms with Crippen LogP contribution in [0.15, 0.2) is 10.5 Å². The van der Waals surface area contributed by atoms with E-state index in [0.29, 0.717) is 4.75 Å². The highest BCUT2D eigenvalue weighted by Crippen LogP contribution is 2.31. The molecule has 3 nitrogen and oxygen atoms in total. The van der Waals surface area contributed by atoms with E-state index in [-0.39, 0.29) is 0 Å². The molecule has 2 heterocycles. The lowest BCUT2D eigenvalue weighted by atomic mass is 10.1. The minimum absolute atomic E-state index is 0.426. The summed E-state index contributed by atoms with van der Waals surface area (Å²) >= 11 is 2.10. The van der Waals surface area contributed by atoms with E-state index < -0.39 is 0 Å². The highest BCUT2D eigenvalue weighted by Gasteiger charge is 2.24. The number of nitrogens with zero attached hydrogens (tertiary/aromatic N) is 1. The first-order valence-corrected chi connectivity index (χ1v) is 9.14. The van der Waals surface area contributed by atoms with Crippen molar-refractivity contribution in [2.45, 2.75) is 58.4 Å². The molecule has 2 rings (SSSR count). The molecule has 21 heavy (non-hydrogen) atoms. The number of hydrogen-bond acceptors (Lipinski definition) is 4. The highest BCUT2D eigenvalue weighted by atomic mass is 32.2. The largest absolute Gasteiger partial charge is 0.465 e. The molecule has 0 atom stereocenters. The molecule has 120 valence electrons. The van der Waals surface area contributed by atoms with E-state index in [1.807, 2.05) is 0 Å². The summed E-state index contributed by atoms with van der Waals surface area (Å²) in [4.78, 5) is 2.57. The van der Waals surface area contributed by atoms with Crippen molar-refractivity contribution in [1.82, 2.24) is 10.2 Å². The molecule has 1 aromatic rings. The van der Waals surface area contributed by atoms with Crippen LogP contribution in [0.1, 0.15) is 50.7 Å². The molecule has 1 saturated heterocycles. The van der Waals surface area contributed by atoms with Gasteiger partial charge in [-0.05, 0) is 38.9 Å². The van der Waals surface area contributed by atoms with Crippen LogP contribution in [0.2, 0.25) is 0 Å². The first-order chi connectivity index (χ1) is 10.00. The second-order valence-corrected chi connectivity index (χ2v) is 8.41. The average molecular weight is 311 g/mol. The second-order valence-electron chi connectivity index (χ2n) is 6.61. The van der Waals surface area contributed by atoms with E-state index in [0.717, 1.165) is 37.6 Å². The van der Waals surface area contributed by atoms with Gasteiger partial charge >= 0.3 is 0 Å². The molecular weight excluding hydrogens is 280 g/mol. The molecule has 0 saturated carbocycles. The van der Waals surface area contributed by atoms with Crippen LogP contribution in [0.4, 0.5) is 0 Å². The van der Waals surface area contributed by atoms with Crippen molar-refractivity contribution in [2.75, 3.05) is 25.4 Å². The van der Waals surface area contributed by atoms with Crippen LogP contribution < -0.4 is 5.32 Å². The minimum Gasteiger partial charge on any atom is -0.465 e. The molecule has 1 aromatic heterocycles. The van der Waals surface area contributed by atoms with Gasteiger partial charge < -0.3 is 9.73 Å². The minimum atomic E-state index is 0.426. The Kier molecular flexibility index (Phi) is 6.20. The summed E-state index contributed by atoms with van der Waals surface area (Å²) in [6.07, 6.45) is 2.42. The molecule has 1 fully saturated rings. The van der Waals surface area contributed by atoms with Crippen LogP contribution in [0.5, 0.6) is 0 Å². The van der Waals surface area contributed by atoms with E-state index in [4.69, 9.17) is 4.42 Å². The van der Waals surface area contributed by atoms with Crippen LogP contribution in [-0.2, 0) is 13.1 Å². The molecule has 0 aliphatic carbocycles. The first-order valence-electron chi connectivity index (χ1n) is 8.15. The summed E-state index contributed by atoms with van der Waals surface area (Å²) in [5.74, 6) is 3.38. The van der Waals surface area contributed by atoms with Gasteiger partial charge in [0, 0.05) is 29.2 Å². The van der Waals surface area contributed by atoms with Gasteiger partial charge in [-0.2, -0.15) is 11.8 Å². The lowest BCUT2D eigenvalue weighted by molar-refractivity contribution is 0.274. The molecule has 0 spiro atoms. The van der Waals surface area contributed by atoms with Crippen LogP contribution in [0.3, 0.4) is 0 Å². The topological polar surface area (TPSA) is 28.4 Å². The van der Waals surface area contributed by atoms with E-state index in [2.05, 4.69) is 55.7 Å². The molecular formula is C17H30N2OS. The Morgan fingerprint density at radius 2 is 2.19 bits per heavy atom. The third-order valence-electron chi connectivity index (χ3n) is 4.12. The van der Waals surface area contributed by atoms with E-state index in [9.17, 15) is 0 Å². The summed E-state index contributed by atoms with van der Waals surface area (Å²) in [5.41, 5.74) is 1.35. The molecule has 0 bridgehead atoms. The quantitative estimate of drug-likeness (QED) is 0.809. The lowest BCUT2D eigenvalue weighted by Crippen LogP contribution is -2.26. The van der Waals surface area contributed by atoms with Crippen molar-refractivity contribution in [1.29, 1.82) is 0 Å². The van der Waals surface area contributed by atoms with Crippen LogP contribution >= 0.6 is 11.8 Å². The molecule has 0 unspecified atom stereocenters. The van der Waals surface area contributed by atoms with Gasteiger partial charge in [-0.25, -0.2) is 0 Å². The van der Waals surface area contributed by atoms with Crippen molar-refractivity contribution in [3.63, 3.8) is 0 Å². The number of nitrogens with one attached hydrogen (secondary N) is 1. The lowest BCUT2D eigenvalue weighted by Gasteiger charge is -2.22. The number of hydrogen-bond donors (Lipinski definition) is 1. The molecule has 0 amide bonds. The van der Waals surface area contributed by atoms with Crippen molar-refractivity contribution >= 4 is 11.8 Å². The molecule has 1 aliphatic rings. The van der Waals surface area contributed by atoms with Gasteiger partial charge in [0.1, 0.15) is 11.5 Å². The summed E-state index contributed by atoms with van der Waals surface area (Å²) < 4.78 is 6.31. The van der Waals surface area contributed by atoms with Crippen molar-refractivity contribution in [2.24, 2.45) is 0 Å². The fraction of sp³-hybridized carbons (Fsp3) is 0.765. The Morgan fingerprint density at radius 3 is 2.95 bits per heavy atom. The Morgan fingerprint density at radius 1 is 1.38 bits per heavy atom. The van der Waals surface area contributed by atoms with Gasteiger partial charge in [0.15, 0.2) is 0 Å². The second kappa shape index (κ2) is 7.70. The summed E-state index contributed by atoms with van der Waals surface area (Å²) in [6, 6.07) is 2.24. The van der Waals surface area contributed by atoms with E-state index >= 15 is 0 Å². The van der Waals surface area contributed by atoms with Crippen molar-refractivity contribution < 1.29 is 4.42 Å².